The number of aliphatic carboxylic acids is 1. The monoisotopic (exact) mass is 419 g/mol. The van der Waals surface area contributed by atoms with E-state index in [4.69, 9.17) is 4.74 Å². The number of fused-ring (bicyclic) bond motifs is 3. The number of likely N-dealkylation sites (N-methyl/N-ethyl adjacent to an activating group) is 1. The molecule has 0 radical (unpaired) electrons. The zero-order valence-corrected chi connectivity index (χ0v) is 17.3. The molecule has 31 heavy (non-hydrogen) atoms. The number of carbonyl (C=O) groups excluding carboxylic acids is 1. The fraction of sp³-hybridized carbons (Fsp3) is 0.292. The minimum absolute atomic E-state index is 0.0609. The highest BCUT2D eigenvalue weighted by atomic mass is 16.6. The molecule has 1 aromatic heterocycles. The van der Waals surface area contributed by atoms with Crippen LogP contribution in [0.25, 0.3) is 11.1 Å². The van der Waals surface area contributed by atoms with Crippen molar-refractivity contribution in [2.24, 2.45) is 0 Å². The second kappa shape index (κ2) is 9.04. The summed E-state index contributed by atoms with van der Waals surface area (Å²) in [5.41, 5.74) is 4.54. The third-order valence-corrected chi connectivity index (χ3v) is 5.83. The van der Waals surface area contributed by atoms with Crippen LogP contribution in [0.15, 0.2) is 67.3 Å². The maximum absolute atomic E-state index is 12.7. The van der Waals surface area contributed by atoms with Crippen LogP contribution in [0.4, 0.5) is 4.79 Å². The summed E-state index contributed by atoms with van der Waals surface area (Å²) in [6, 6.07) is 15.3. The van der Waals surface area contributed by atoms with Gasteiger partial charge >= 0.3 is 12.1 Å². The van der Waals surface area contributed by atoms with Crippen LogP contribution in [-0.4, -0.2) is 51.3 Å². The van der Waals surface area contributed by atoms with E-state index in [2.05, 4.69) is 17.1 Å². The molecule has 2 aromatic carbocycles. The fourth-order valence-electron chi connectivity index (χ4n) is 4.19. The minimum atomic E-state index is -1.04. The highest BCUT2D eigenvalue weighted by Gasteiger charge is 2.31. The number of nitrogens with zero attached hydrogens (tertiary/aromatic N) is 3. The third-order valence-electron chi connectivity index (χ3n) is 5.83. The summed E-state index contributed by atoms with van der Waals surface area (Å²) in [6.45, 7) is 0.806. The van der Waals surface area contributed by atoms with Crippen LogP contribution in [0.2, 0.25) is 0 Å². The Morgan fingerprint density at radius 1 is 1.13 bits per heavy atom. The highest BCUT2D eigenvalue weighted by Crippen LogP contribution is 2.44. The summed E-state index contributed by atoms with van der Waals surface area (Å²) in [4.78, 5) is 29.6. The Balaban J connectivity index is 1.39. The van der Waals surface area contributed by atoms with Crippen LogP contribution in [0, 0.1) is 0 Å². The van der Waals surface area contributed by atoms with Gasteiger partial charge in [0.2, 0.25) is 0 Å². The highest BCUT2D eigenvalue weighted by molar-refractivity contribution is 5.81. The maximum atomic E-state index is 12.7. The minimum Gasteiger partial charge on any atom is -0.480 e. The Bertz CT molecular complexity index is 1020. The molecule has 1 atom stereocenters. The number of hydrogen-bond acceptors (Lipinski definition) is 4. The Morgan fingerprint density at radius 2 is 1.77 bits per heavy atom. The van der Waals surface area contributed by atoms with Crippen molar-refractivity contribution in [1.82, 2.24) is 14.5 Å². The standard InChI is InChI=1S/C24H25N3O4/c1-26(22(23(28)29)11-6-13-27-14-12-25-16-27)24(30)31-15-21-19-9-4-2-7-17(19)18-8-3-5-10-20(18)21/h2-5,7-10,12,14,16,21-22H,6,11,13,15H2,1H3,(H,28,29)/t22-/m0/s1. The quantitative estimate of drug-likeness (QED) is 0.597. The summed E-state index contributed by atoms with van der Waals surface area (Å²) < 4.78 is 7.47. The molecule has 0 bridgehead atoms. The molecule has 0 aliphatic heterocycles. The van der Waals surface area contributed by atoms with Gasteiger partial charge in [0.05, 0.1) is 6.33 Å². The number of imidazole rings is 1. The Kier molecular flexibility index (Phi) is 6.02. The Hall–Kier alpha value is -3.61. The van der Waals surface area contributed by atoms with Crippen molar-refractivity contribution in [3.63, 3.8) is 0 Å². The summed E-state index contributed by atoms with van der Waals surface area (Å²) in [5.74, 6) is -1.10. The van der Waals surface area contributed by atoms with E-state index in [1.165, 1.54) is 11.9 Å². The van der Waals surface area contributed by atoms with Gasteiger partial charge in [-0.15, -0.1) is 0 Å². The first kappa shape index (κ1) is 20.7. The average molecular weight is 419 g/mol. The predicted molar refractivity (Wildman–Crippen MR) is 116 cm³/mol. The van der Waals surface area contributed by atoms with Crippen LogP contribution < -0.4 is 0 Å². The molecule has 0 saturated carbocycles. The summed E-state index contributed by atoms with van der Waals surface area (Å²) in [5, 5.41) is 9.62. The molecule has 0 fully saturated rings. The van der Waals surface area contributed by atoms with Crippen molar-refractivity contribution in [2.75, 3.05) is 13.7 Å². The van der Waals surface area contributed by atoms with Gasteiger partial charge in [-0.05, 0) is 35.1 Å². The van der Waals surface area contributed by atoms with E-state index < -0.39 is 18.1 Å². The van der Waals surface area contributed by atoms with E-state index in [1.807, 2.05) is 47.2 Å². The van der Waals surface area contributed by atoms with Gasteiger partial charge in [0, 0.05) is 31.9 Å². The molecule has 4 rings (SSSR count). The number of aryl methyl sites for hydroxylation is 1. The number of benzene rings is 2. The fourth-order valence-corrected chi connectivity index (χ4v) is 4.19. The predicted octanol–water partition coefficient (Wildman–Crippen LogP) is 4.00. The normalized spacial score (nSPS) is 13.3. The Labute approximate surface area is 180 Å². The molecule has 1 amide bonds. The number of ether oxygens (including phenoxy) is 1. The molecular weight excluding hydrogens is 394 g/mol. The van der Waals surface area contributed by atoms with E-state index in [0.717, 1.165) is 22.3 Å². The maximum Gasteiger partial charge on any atom is 0.410 e. The first-order valence-corrected chi connectivity index (χ1v) is 10.3. The summed E-state index contributed by atoms with van der Waals surface area (Å²) in [7, 11) is 1.48. The molecule has 7 nitrogen and oxygen atoms in total. The van der Waals surface area contributed by atoms with E-state index in [0.29, 0.717) is 19.4 Å². The molecule has 0 spiro atoms. The van der Waals surface area contributed by atoms with Crippen LogP contribution in [0.3, 0.4) is 0 Å². The number of carboxylic acid groups (broad SMARTS) is 1. The average Bonchev–Trinajstić information content (AvgIpc) is 3.41. The van der Waals surface area contributed by atoms with Gasteiger partial charge in [0.15, 0.2) is 0 Å². The van der Waals surface area contributed by atoms with E-state index in [1.54, 1.807) is 12.5 Å². The molecule has 3 aromatic rings. The van der Waals surface area contributed by atoms with Crippen LogP contribution in [-0.2, 0) is 16.1 Å². The molecule has 0 unspecified atom stereocenters. The lowest BCUT2D eigenvalue weighted by Crippen LogP contribution is -2.43. The van der Waals surface area contributed by atoms with Gasteiger partial charge in [0.25, 0.3) is 0 Å². The summed E-state index contributed by atoms with van der Waals surface area (Å²) in [6.07, 6.45) is 5.49. The van der Waals surface area contributed by atoms with Crippen LogP contribution in [0.1, 0.15) is 29.9 Å². The smallest absolute Gasteiger partial charge is 0.410 e. The first-order chi connectivity index (χ1) is 15.1. The molecular formula is C24H25N3O4. The van der Waals surface area contributed by atoms with Gasteiger partial charge < -0.3 is 14.4 Å². The lowest BCUT2D eigenvalue weighted by Gasteiger charge is -2.25. The van der Waals surface area contributed by atoms with Crippen molar-refractivity contribution in [2.45, 2.75) is 31.3 Å². The number of carboxylic acids is 1. The first-order valence-electron chi connectivity index (χ1n) is 10.3. The second-order valence-corrected chi connectivity index (χ2v) is 7.71. The van der Waals surface area contributed by atoms with Gasteiger partial charge in [-0.1, -0.05) is 48.5 Å². The molecule has 1 N–H and O–H groups in total. The number of hydrogen-bond donors (Lipinski definition) is 1. The molecule has 0 saturated heterocycles. The second-order valence-electron chi connectivity index (χ2n) is 7.71. The van der Waals surface area contributed by atoms with Crippen molar-refractivity contribution in [3.05, 3.63) is 78.4 Å². The molecule has 1 aliphatic carbocycles. The van der Waals surface area contributed by atoms with Crippen molar-refractivity contribution in [3.8, 4) is 11.1 Å². The Morgan fingerprint density at radius 3 is 2.35 bits per heavy atom. The van der Waals surface area contributed by atoms with Crippen molar-refractivity contribution in [1.29, 1.82) is 0 Å². The van der Waals surface area contributed by atoms with Crippen LogP contribution in [0.5, 0.6) is 0 Å². The lowest BCUT2D eigenvalue weighted by molar-refractivity contribution is -0.142. The molecule has 160 valence electrons. The topological polar surface area (TPSA) is 84.7 Å². The number of rotatable bonds is 8. The van der Waals surface area contributed by atoms with Gasteiger partial charge in [-0.25, -0.2) is 14.6 Å². The van der Waals surface area contributed by atoms with Gasteiger partial charge in [-0.3, -0.25) is 4.90 Å². The van der Waals surface area contributed by atoms with Gasteiger partial charge in [-0.2, -0.15) is 0 Å². The lowest BCUT2D eigenvalue weighted by atomic mass is 9.98. The molecule has 1 aliphatic rings. The zero-order valence-electron chi connectivity index (χ0n) is 17.3. The zero-order chi connectivity index (χ0) is 21.8. The van der Waals surface area contributed by atoms with E-state index >= 15 is 0 Å². The largest absolute Gasteiger partial charge is 0.480 e. The van der Waals surface area contributed by atoms with E-state index in [9.17, 15) is 14.7 Å². The van der Waals surface area contributed by atoms with Crippen LogP contribution >= 0.6 is 0 Å². The molecule has 7 heteroatoms. The third kappa shape index (κ3) is 4.30. The van der Waals surface area contributed by atoms with Gasteiger partial charge in [0.1, 0.15) is 12.6 Å². The number of amides is 1. The number of carbonyl (C=O) groups is 2. The van der Waals surface area contributed by atoms with Crippen molar-refractivity contribution >= 4 is 12.1 Å². The van der Waals surface area contributed by atoms with Crippen molar-refractivity contribution < 1.29 is 19.4 Å². The number of aromatic nitrogens is 2. The summed E-state index contributed by atoms with van der Waals surface area (Å²) >= 11 is 0. The molecule has 1 heterocycles. The van der Waals surface area contributed by atoms with E-state index in [-0.39, 0.29) is 12.5 Å². The SMILES string of the molecule is CN(C(=O)OCC1c2ccccc2-c2ccccc21)[C@@H](CCCn1ccnc1)C(=O)O.